The number of hydrogen-bond acceptors (Lipinski definition) is 5. The van der Waals surface area contributed by atoms with Crippen molar-refractivity contribution in [2.45, 2.75) is 63.5 Å². The highest BCUT2D eigenvalue weighted by molar-refractivity contribution is 5.89. The lowest BCUT2D eigenvalue weighted by molar-refractivity contribution is -0.142. The van der Waals surface area contributed by atoms with Crippen LogP contribution < -0.4 is 10.6 Å². The van der Waals surface area contributed by atoms with E-state index in [0.717, 1.165) is 22.3 Å². The first-order chi connectivity index (χ1) is 17.0. The molecule has 0 fully saturated rings. The number of benzene rings is 2. The molecule has 2 aromatic rings. The largest absolute Gasteiger partial charge is 0.480 e. The zero-order valence-electron chi connectivity index (χ0n) is 19.8. The van der Waals surface area contributed by atoms with Crippen LogP contribution in [0.5, 0.6) is 0 Å². The van der Waals surface area contributed by atoms with Crippen LogP contribution in [-0.2, 0) is 14.3 Å². The summed E-state index contributed by atoms with van der Waals surface area (Å²) < 4.78 is 5.55. The smallest absolute Gasteiger partial charge is 0.407 e. The van der Waals surface area contributed by atoms with Crippen LogP contribution in [0.2, 0.25) is 0 Å². The predicted molar refractivity (Wildman–Crippen MR) is 131 cm³/mol. The fourth-order valence-electron chi connectivity index (χ4n) is 4.42. The second kappa shape index (κ2) is 12.6. The summed E-state index contributed by atoms with van der Waals surface area (Å²) in [7, 11) is 0. The Morgan fingerprint density at radius 3 is 2.17 bits per heavy atom. The van der Waals surface area contributed by atoms with Crippen LogP contribution in [0.15, 0.2) is 48.5 Å². The van der Waals surface area contributed by atoms with Crippen molar-refractivity contribution in [1.29, 1.82) is 5.26 Å². The summed E-state index contributed by atoms with van der Waals surface area (Å²) in [4.78, 5) is 37.0. The number of fused-ring (bicyclic) bond motifs is 3. The van der Waals surface area contributed by atoms with Gasteiger partial charge in [0.1, 0.15) is 18.7 Å². The lowest BCUT2D eigenvalue weighted by Crippen LogP contribution is -2.51. The van der Waals surface area contributed by atoms with Gasteiger partial charge in [0.15, 0.2) is 0 Å². The highest BCUT2D eigenvalue weighted by Crippen LogP contribution is 2.44. The van der Waals surface area contributed by atoms with Crippen molar-refractivity contribution < 1.29 is 24.2 Å². The molecule has 2 atom stereocenters. The van der Waals surface area contributed by atoms with Gasteiger partial charge in [0.25, 0.3) is 0 Å². The molecule has 2 amide bonds. The third kappa shape index (κ3) is 6.60. The zero-order valence-corrected chi connectivity index (χ0v) is 19.8. The summed E-state index contributed by atoms with van der Waals surface area (Å²) in [6.07, 6.45) is 1.85. The number of nitrogens with one attached hydrogen (secondary N) is 2. The Kier molecular flexibility index (Phi) is 9.24. The molecule has 0 spiro atoms. The van der Waals surface area contributed by atoms with Crippen molar-refractivity contribution in [2.75, 3.05) is 6.61 Å². The Bertz CT molecular complexity index is 1050. The van der Waals surface area contributed by atoms with Gasteiger partial charge in [-0.05, 0) is 47.9 Å². The first-order valence-corrected chi connectivity index (χ1v) is 12.0. The summed E-state index contributed by atoms with van der Waals surface area (Å²) in [5.41, 5.74) is 4.39. The number of unbranched alkanes of at least 4 members (excludes halogenated alkanes) is 2. The van der Waals surface area contributed by atoms with Gasteiger partial charge in [-0.15, -0.1) is 0 Å². The van der Waals surface area contributed by atoms with Gasteiger partial charge < -0.3 is 20.5 Å². The second-order valence-electron chi connectivity index (χ2n) is 8.61. The standard InChI is InChI=1S/C27H31N3O5/c1-2-10-24(26(32)33)29-25(31)23(15-4-3-9-16-28)30-27(34)35-17-22-20-13-7-5-11-18(20)19-12-6-8-14-21(19)22/h5-8,11-14,22-24H,2-4,9-10,15,17H2,1H3,(H,29,31)(H,30,34)(H,32,33). The SMILES string of the molecule is CCCC(NC(=O)C(CCCCC#N)NC(=O)OCC1c2ccccc2-c2ccccc21)C(=O)O. The normalized spacial score (nSPS) is 13.6. The van der Waals surface area contributed by atoms with Gasteiger partial charge in [-0.3, -0.25) is 4.79 Å². The van der Waals surface area contributed by atoms with E-state index in [9.17, 15) is 19.5 Å². The summed E-state index contributed by atoms with van der Waals surface area (Å²) in [5.74, 6) is -1.81. The third-order valence-electron chi connectivity index (χ3n) is 6.18. The molecule has 3 rings (SSSR count). The van der Waals surface area contributed by atoms with Crippen molar-refractivity contribution in [1.82, 2.24) is 10.6 Å². The maximum atomic E-state index is 12.8. The Hall–Kier alpha value is -3.86. The molecule has 0 radical (unpaired) electrons. The number of aliphatic carboxylic acids is 1. The molecule has 0 bridgehead atoms. The number of carboxylic acid groups (broad SMARTS) is 1. The lowest BCUT2D eigenvalue weighted by Gasteiger charge is -2.22. The van der Waals surface area contributed by atoms with E-state index in [2.05, 4.69) is 16.7 Å². The van der Waals surface area contributed by atoms with Gasteiger partial charge in [0.2, 0.25) is 5.91 Å². The Labute approximate surface area is 205 Å². The molecule has 0 aromatic heterocycles. The van der Waals surface area contributed by atoms with Gasteiger partial charge in [0, 0.05) is 12.3 Å². The molecule has 8 nitrogen and oxygen atoms in total. The topological polar surface area (TPSA) is 129 Å². The molecule has 2 aromatic carbocycles. The first kappa shape index (κ1) is 25.8. The van der Waals surface area contributed by atoms with E-state index in [1.165, 1.54) is 0 Å². The van der Waals surface area contributed by atoms with Crippen LogP contribution >= 0.6 is 0 Å². The molecule has 0 heterocycles. The number of carbonyl (C=O) groups is 3. The summed E-state index contributed by atoms with van der Waals surface area (Å²) in [6, 6.07) is 16.1. The number of alkyl carbamates (subject to hydrolysis) is 1. The number of hydrogen-bond donors (Lipinski definition) is 3. The number of nitriles is 1. The van der Waals surface area contributed by atoms with Gasteiger partial charge in [-0.25, -0.2) is 9.59 Å². The number of carbonyl (C=O) groups excluding carboxylic acids is 2. The summed E-state index contributed by atoms with van der Waals surface area (Å²) in [6.45, 7) is 1.94. The third-order valence-corrected chi connectivity index (χ3v) is 6.18. The van der Waals surface area contributed by atoms with Crippen LogP contribution in [0.3, 0.4) is 0 Å². The number of ether oxygens (including phenoxy) is 1. The number of amides is 2. The van der Waals surface area contributed by atoms with Gasteiger partial charge in [-0.1, -0.05) is 61.9 Å². The highest BCUT2D eigenvalue weighted by atomic mass is 16.5. The van der Waals surface area contributed by atoms with Crippen LogP contribution in [0, 0.1) is 11.3 Å². The Morgan fingerprint density at radius 1 is 0.971 bits per heavy atom. The van der Waals surface area contributed by atoms with Crippen LogP contribution in [0.25, 0.3) is 11.1 Å². The van der Waals surface area contributed by atoms with Crippen molar-refractivity contribution in [3.63, 3.8) is 0 Å². The molecular formula is C27H31N3O5. The lowest BCUT2D eigenvalue weighted by atomic mass is 9.98. The maximum absolute atomic E-state index is 12.8. The molecule has 184 valence electrons. The Morgan fingerprint density at radius 2 is 1.60 bits per heavy atom. The monoisotopic (exact) mass is 477 g/mol. The van der Waals surface area contributed by atoms with Gasteiger partial charge in [-0.2, -0.15) is 5.26 Å². The Balaban J connectivity index is 1.65. The van der Waals surface area contributed by atoms with Crippen molar-refractivity contribution >= 4 is 18.0 Å². The van der Waals surface area contributed by atoms with Gasteiger partial charge >= 0.3 is 12.1 Å². The number of rotatable bonds is 12. The molecule has 1 aliphatic carbocycles. The molecule has 2 unspecified atom stereocenters. The predicted octanol–water partition coefficient (Wildman–Crippen LogP) is 4.35. The van der Waals surface area contributed by atoms with Crippen LogP contribution in [-0.4, -0.2) is 41.8 Å². The van der Waals surface area contributed by atoms with E-state index in [-0.39, 0.29) is 25.4 Å². The van der Waals surface area contributed by atoms with Crippen molar-refractivity contribution in [3.05, 3.63) is 59.7 Å². The second-order valence-corrected chi connectivity index (χ2v) is 8.61. The molecule has 3 N–H and O–H groups in total. The molecule has 0 saturated heterocycles. The first-order valence-electron chi connectivity index (χ1n) is 12.0. The van der Waals surface area contributed by atoms with E-state index in [1.54, 1.807) is 0 Å². The van der Waals surface area contributed by atoms with Crippen LogP contribution in [0.4, 0.5) is 4.79 Å². The van der Waals surface area contributed by atoms with Crippen molar-refractivity contribution in [3.8, 4) is 17.2 Å². The molecule has 35 heavy (non-hydrogen) atoms. The molecule has 0 saturated carbocycles. The highest BCUT2D eigenvalue weighted by Gasteiger charge is 2.30. The average molecular weight is 478 g/mol. The van der Waals surface area contributed by atoms with E-state index in [0.29, 0.717) is 25.7 Å². The molecule has 8 heteroatoms. The van der Waals surface area contributed by atoms with Crippen molar-refractivity contribution in [2.24, 2.45) is 0 Å². The fourth-order valence-corrected chi connectivity index (χ4v) is 4.42. The van der Waals surface area contributed by atoms with E-state index in [4.69, 9.17) is 10.00 Å². The molecule has 0 aliphatic heterocycles. The zero-order chi connectivity index (χ0) is 25.2. The van der Waals surface area contributed by atoms with Gasteiger partial charge in [0.05, 0.1) is 6.07 Å². The maximum Gasteiger partial charge on any atom is 0.407 e. The fraction of sp³-hybridized carbons (Fsp3) is 0.407. The van der Waals surface area contributed by atoms with Crippen LogP contribution in [0.1, 0.15) is 62.5 Å². The minimum atomic E-state index is -1.12. The number of carboxylic acids is 1. The van der Waals surface area contributed by atoms with E-state index >= 15 is 0 Å². The minimum Gasteiger partial charge on any atom is -0.480 e. The average Bonchev–Trinajstić information content (AvgIpc) is 3.18. The molecule has 1 aliphatic rings. The van der Waals surface area contributed by atoms with E-state index in [1.807, 2.05) is 55.5 Å². The minimum absolute atomic E-state index is 0.107. The molecular weight excluding hydrogens is 446 g/mol. The summed E-state index contributed by atoms with van der Waals surface area (Å²) >= 11 is 0. The van der Waals surface area contributed by atoms with E-state index < -0.39 is 30.1 Å². The number of nitrogens with zero attached hydrogens (tertiary/aromatic N) is 1. The quantitative estimate of drug-likeness (QED) is 0.390. The summed E-state index contributed by atoms with van der Waals surface area (Å²) in [5, 5.41) is 23.2.